The summed E-state index contributed by atoms with van der Waals surface area (Å²) in [6, 6.07) is 18.8. The van der Waals surface area contributed by atoms with Crippen LogP contribution in [-0.4, -0.2) is 51.0 Å². The second kappa shape index (κ2) is 37.0. The molecule has 0 fully saturated rings. The molecule has 2 aromatic carbocycles. The maximum absolute atomic E-state index is 13.6. The van der Waals surface area contributed by atoms with E-state index in [0.29, 0.717) is 26.2 Å². The van der Waals surface area contributed by atoms with Gasteiger partial charge in [0.1, 0.15) is 0 Å². The molecule has 2 atom stereocenters. The zero-order valence-corrected chi connectivity index (χ0v) is 36.5. The second-order valence-corrected chi connectivity index (χ2v) is 16.4. The highest BCUT2D eigenvalue weighted by atomic mass is 16.5. The summed E-state index contributed by atoms with van der Waals surface area (Å²) in [5.74, 6) is 0.0304. The van der Waals surface area contributed by atoms with Gasteiger partial charge >= 0.3 is 0 Å². The molecule has 320 valence electrons. The van der Waals surface area contributed by atoms with E-state index in [1.807, 2.05) is 6.07 Å². The Labute approximate surface area is 345 Å². The summed E-state index contributed by atoms with van der Waals surface area (Å²) in [4.78, 5) is 13.6. The van der Waals surface area contributed by atoms with Crippen LogP contribution in [0.1, 0.15) is 193 Å². The fourth-order valence-electron chi connectivity index (χ4n) is 7.46. The van der Waals surface area contributed by atoms with Crippen molar-refractivity contribution < 1.29 is 14.3 Å². The number of benzene rings is 2. The number of unbranched alkanes of at least 4 members (excludes halogenated alkanes) is 23. The number of nitrogens with one attached hydrogen (secondary N) is 2. The molecule has 4 N–H and O–H groups in total. The molecule has 1 amide bonds. The van der Waals surface area contributed by atoms with E-state index >= 15 is 0 Å². The molecule has 0 bridgehead atoms. The summed E-state index contributed by atoms with van der Waals surface area (Å²) >= 11 is 0. The van der Waals surface area contributed by atoms with Crippen LogP contribution >= 0.6 is 0 Å². The van der Waals surface area contributed by atoms with Gasteiger partial charge < -0.3 is 25.8 Å². The van der Waals surface area contributed by atoms with Crippen molar-refractivity contribution in [1.82, 2.24) is 10.6 Å². The lowest BCUT2D eigenvalue weighted by Crippen LogP contribution is -2.47. The molecule has 6 heteroatoms. The standard InChI is InChI=1S/C50H87N3O3/c1-3-5-7-9-11-13-15-17-19-21-23-30-40-55-44-48(56-41-31-24-22-20-18-16-14-12-10-8-6-4-2)43-53-50(54)49(34-28-29-39-51)52-42-45-35-37-47(38-36-45)46-32-26-25-27-33-46/h25-27,32-33,35-38,48-49,52H,3-24,28-31,34,39-44,51H2,1-2H3,(H,53,54). The van der Waals surface area contributed by atoms with Gasteiger partial charge in [-0.1, -0.05) is 216 Å². The Bertz CT molecular complexity index is 1130. The van der Waals surface area contributed by atoms with E-state index in [9.17, 15) is 4.79 Å². The van der Waals surface area contributed by atoms with Crippen LogP contribution in [0, 0.1) is 0 Å². The normalized spacial score (nSPS) is 12.6. The van der Waals surface area contributed by atoms with Crippen LogP contribution in [0.25, 0.3) is 11.1 Å². The topological polar surface area (TPSA) is 85.6 Å². The Morgan fingerprint density at radius 2 is 1.05 bits per heavy atom. The first-order valence-electron chi connectivity index (χ1n) is 23.7. The molecule has 0 aliphatic carbocycles. The summed E-state index contributed by atoms with van der Waals surface area (Å²) in [5.41, 5.74) is 9.38. The average molecular weight is 778 g/mol. The molecular weight excluding hydrogens is 691 g/mol. The van der Waals surface area contributed by atoms with Crippen LogP contribution in [0.3, 0.4) is 0 Å². The van der Waals surface area contributed by atoms with Gasteiger partial charge in [0.05, 0.1) is 18.8 Å². The van der Waals surface area contributed by atoms with Crippen molar-refractivity contribution in [2.75, 3.05) is 32.9 Å². The minimum atomic E-state index is -0.283. The summed E-state index contributed by atoms with van der Waals surface area (Å²) in [6.45, 7) is 8.32. The lowest BCUT2D eigenvalue weighted by Gasteiger charge is -2.22. The number of ether oxygens (including phenoxy) is 2. The molecular formula is C50H87N3O3. The largest absolute Gasteiger partial charge is 0.379 e. The van der Waals surface area contributed by atoms with Crippen molar-refractivity contribution in [3.63, 3.8) is 0 Å². The second-order valence-electron chi connectivity index (χ2n) is 16.4. The fourth-order valence-corrected chi connectivity index (χ4v) is 7.46. The zero-order chi connectivity index (χ0) is 40.0. The van der Waals surface area contributed by atoms with E-state index in [2.05, 4.69) is 73.0 Å². The van der Waals surface area contributed by atoms with Crippen molar-refractivity contribution in [2.45, 2.75) is 206 Å². The maximum Gasteiger partial charge on any atom is 0.237 e. The van der Waals surface area contributed by atoms with Gasteiger partial charge in [0, 0.05) is 26.3 Å². The van der Waals surface area contributed by atoms with Crippen LogP contribution in [0.15, 0.2) is 54.6 Å². The molecule has 6 nitrogen and oxygen atoms in total. The minimum absolute atomic E-state index is 0.0304. The van der Waals surface area contributed by atoms with E-state index in [-0.39, 0.29) is 18.1 Å². The van der Waals surface area contributed by atoms with E-state index in [1.165, 1.54) is 152 Å². The van der Waals surface area contributed by atoms with Crippen LogP contribution < -0.4 is 16.4 Å². The lowest BCUT2D eigenvalue weighted by molar-refractivity contribution is -0.124. The first kappa shape index (κ1) is 49.9. The third-order valence-corrected chi connectivity index (χ3v) is 11.2. The molecule has 0 aromatic heterocycles. The Hall–Kier alpha value is -2.25. The van der Waals surface area contributed by atoms with Gasteiger partial charge in [-0.3, -0.25) is 4.79 Å². The predicted molar refractivity (Wildman–Crippen MR) is 241 cm³/mol. The van der Waals surface area contributed by atoms with Crippen LogP contribution in [0.2, 0.25) is 0 Å². The molecule has 0 spiro atoms. The number of carbonyl (C=O) groups is 1. The first-order valence-corrected chi connectivity index (χ1v) is 23.7. The smallest absolute Gasteiger partial charge is 0.237 e. The molecule has 0 radical (unpaired) electrons. The molecule has 0 saturated heterocycles. The molecule has 0 aliphatic rings. The Morgan fingerprint density at radius 1 is 0.571 bits per heavy atom. The number of rotatable bonds is 40. The SMILES string of the molecule is CCCCCCCCCCCCCCOCC(CNC(=O)C(CCCCN)NCc1ccc(-c2ccccc2)cc1)OCCCCCCCCCCCCCC. The molecule has 2 unspecified atom stereocenters. The molecule has 2 aromatic rings. The number of carbonyl (C=O) groups excluding carboxylic acids is 1. The van der Waals surface area contributed by atoms with Crippen molar-refractivity contribution in [2.24, 2.45) is 5.73 Å². The molecule has 2 rings (SSSR count). The van der Waals surface area contributed by atoms with Gasteiger partial charge in [-0.05, 0) is 48.9 Å². The van der Waals surface area contributed by atoms with Gasteiger partial charge in [-0.25, -0.2) is 0 Å². The van der Waals surface area contributed by atoms with Crippen molar-refractivity contribution in [1.29, 1.82) is 0 Å². The predicted octanol–water partition coefficient (Wildman–Crippen LogP) is 12.9. The Balaban J connectivity index is 1.76. The summed E-state index contributed by atoms with van der Waals surface area (Å²) < 4.78 is 12.5. The highest BCUT2D eigenvalue weighted by Crippen LogP contribution is 2.20. The lowest BCUT2D eigenvalue weighted by atomic mass is 10.0. The van der Waals surface area contributed by atoms with E-state index in [4.69, 9.17) is 15.2 Å². The summed E-state index contributed by atoms with van der Waals surface area (Å²) in [7, 11) is 0. The van der Waals surface area contributed by atoms with Crippen LogP contribution in [0.4, 0.5) is 0 Å². The summed E-state index contributed by atoms with van der Waals surface area (Å²) in [6.07, 6.45) is 34.4. The highest BCUT2D eigenvalue weighted by molar-refractivity contribution is 5.81. The van der Waals surface area contributed by atoms with Crippen molar-refractivity contribution >= 4 is 5.91 Å². The first-order chi connectivity index (χ1) is 27.7. The maximum atomic E-state index is 13.6. The number of hydrogen-bond acceptors (Lipinski definition) is 5. The fraction of sp³-hybridized carbons (Fsp3) is 0.740. The van der Waals surface area contributed by atoms with Gasteiger partial charge in [-0.2, -0.15) is 0 Å². The minimum Gasteiger partial charge on any atom is -0.379 e. The number of amides is 1. The Morgan fingerprint density at radius 3 is 1.57 bits per heavy atom. The van der Waals surface area contributed by atoms with Gasteiger partial charge in [0.15, 0.2) is 0 Å². The highest BCUT2D eigenvalue weighted by Gasteiger charge is 2.20. The van der Waals surface area contributed by atoms with Crippen molar-refractivity contribution in [3.8, 4) is 11.1 Å². The van der Waals surface area contributed by atoms with Gasteiger partial charge in [0.2, 0.25) is 5.91 Å². The Kier molecular flexibility index (Phi) is 33.0. The molecule has 0 aliphatic heterocycles. The third-order valence-electron chi connectivity index (χ3n) is 11.2. The van der Waals surface area contributed by atoms with Crippen LogP contribution in [0.5, 0.6) is 0 Å². The zero-order valence-electron chi connectivity index (χ0n) is 36.5. The number of hydrogen-bond donors (Lipinski definition) is 3. The number of nitrogens with two attached hydrogens (primary N) is 1. The van der Waals surface area contributed by atoms with Crippen LogP contribution in [-0.2, 0) is 20.8 Å². The van der Waals surface area contributed by atoms with E-state index < -0.39 is 0 Å². The van der Waals surface area contributed by atoms with E-state index in [0.717, 1.165) is 50.9 Å². The molecule has 56 heavy (non-hydrogen) atoms. The summed E-state index contributed by atoms with van der Waals surface area (Å²) in [5, 5.41) is 6.78. The van der Waals surface area contributed by atoms with Gasteiger partial charge in [0.25, 0.3) is 0 Å². The molecule has 0 heterocycles. The molecule has 0 saturated carbocycles. The van der Waals surface area contributed by atoms with Gasteiger partial charge in [-0.15, -0.1) is 0 Å². The quantitative estimate of drug-likeness (QED) is 0.0587. The third kappa shape index (κ3) is 27.4. The van der Waals surface area contributed by atoms with Crippen molar-refractivity contribution in [3.05, 3.63) is 60.2 Å². The monoisotopic (exact) mass is 778 g/mol. The average Bonchev–Trinajstić information content (AvgIpc) is 3.23. The van der Waals surface area contributed by atoms with E-state index in [1.54, 1.807) is 0 Å².